The number of benzene rings is 1. The number of thiophene rings is 1. The molecule has 0 aliphatic heterocycles. The van der Waals surface area contributed by atoms with Crippen LogP contribution < -0.4 is 10.5 Å². The molecule has 0 saturated heterocycles. The Balaban J connectivity index is 2.23. The summed E-state index contributed by atoms with van der Waals surface area (Å²) in [5, 5.41) is 27.5. The standard InChI is InChI=1S/C14H13N3O4S/c18-14(19)8-7-11(13-6-3-9-22-13)16-15-10-4-1-2-5-12(10)17(20)21/h1-6,9,15H,7-8H2,(H,18,19)/p-1/b16-11-. The van der Waals surface area contributed by atoms with E-state index >= 15 is 0 Å². The summed E-state index contributed by atoms with van der Waals surface area (Å²) in [4.78, 5) is 21.9. The fourth-order valence-electron chi connectivity index (χ4n) is 1.75. The van der Waals surface area contributed by atoms with Crippen LogP contribution in [0.1, 0.15) is 17.7 Å². The van der Waals surface area contributed by atoms with Gasteiger partial charge in [-0.15, -0.1) is 11.3 Å². The smallest absolute Gasteiger partial charge is 0.294 e. The number of hydrazone groups is 1. The van der Waals surface area contributed by atoms with Crippen molar-refractivity contribution in [3.63, 3.8) is 0 Å². The molecule has 1 aromatic heterocycles. The Bertz CT molecular complexity index is 698. The van der Waals surface area contributed by atoms with E-state index in [-0.39, 0.29) is 24.2 Å². The summed E-state index contributed by atoms with van der Waals surface area (Å²) < 4.78 is 0. The summed E-state index contributed by atoms with van der Waals surface area (Å²) in [6, 6.07) is 9.73. The summed E-state index contributed by atoms with van der Waals surface area (Å²) >= 11 is 1.41. The van der Waals surface area contributed by atoms with Crippen LogP contribution in [0.3, 0.4) is 0 Å². The first-order valence-corrected chi connectivity index (χ1v) is 7.25. The highest BCUT2D eigenvalue weighted by Crippen LogP contribution is 2.23. The van der Waals surface area contributed by atoms with Crippen LogP contribution in [-0.4, -0.2) is 16.6 Å². The summed E-state index contributed by atoms with van der Waals surface area (Å²) in [6.07, 6.45) is 0.00573. The average Bonchev–Trinajstić information content (AvgIpc) is 3.01. The molecule has 0 aliphatic rings. The van der Waals surface area contributed by atoms with Crippen LogP contribution in [0.4, 0.5) is 11.4 Å². The minimum absolute atomic E-state index is 0.100. The quantitative estimate of drug-likeness (QED) is 0.477. The molecule has 1 heterocycles. The van der Waals surface area contributed by atoms with Crippen LogP contribution in [0.15, 0.2) is 46.9 Å². The Morgan fingerprint density at radius 1 is 1.23 bits per heavy atom. The first-order valence-electron chi connectivity index (χ1n) is 6.37. The van der Waals surface area contributed by atoms with Gasteiger partial charge in [-0.25, -0.2) is 0 Å². The molecule has 0 atom stereocenters. The molecule has 0 radical (unpaired) electrons. The molecule has 8 heteroatoms. The van der Waals surface area contributed by atoms with Gasteiger partial charge in [0.1, 0.15) is 5.69 Å². The van der Waals surface area contributed by atoms with E-state index in [9.17, 15) is 20.0 Å². The number of nitro groups is 1. The van der Waals surface area contributed by atoms with Crippen LogP contribution in [0, 0.1) is 10.1 Å². The molecule has 0 aliphatic carbocycles. The van der Waals surface area contributed by atoms with Crippen molar-refractivity contribution in [2.45, 2.75) is 12.8 Å². The Labute approximate surface area is 130 Å². The Morgan fingerprint density at radius 2 is 2.00 bits per heavy atom. The average molecular weight is 318 g/mol. The molecule has 7 nitrogen and oxygen atoms in total. The predicted octanol–water partition coefficient (Wildman–Crippen LogP) is 2.00. The van der Waals surface area contributed by atoms with Gasteiger partial charge in [-0.05, 0) is 30.4 Å². The molecular formula is C14H12N3O4S-. The summed E-state index contributed by atoms with van der Waals surface area (Å²) in [7, 11) is 0. The van der Waals surface area contributed by atoms with E-state index < -0.39 is 10.9 Å². The van der Waals surface area contributed by atoms with E-state index in [4.69, 9.17) is 0 Å². The molecule has 0 saturated carbocycles. The molecule has 22 heavy (non-hydrogen) atoms. The van der Waals surface area contributed by atoms with Crippen molar-refractivity contribution in [2.24, 2.45) is 5.10 Å². The first-order chi connectivity index (χ1) is 10.6. The molecule has 0 spiro atoms. The van der Waals surface area contributed by atoms with Crippen molar-refractivity contribution in [3.8, 4) is 0 Å². The van der Waals surface area contributed by atoms with Crippen LogP contribution in [0.25, 0.3) is 0 Å². The lowest BCUT2D eigenvalue weighted by Crippen LogP contribution is -2.23. The third-order valence-corrected chi connectivity index (χ3v) is 3.70. The molecule has 0 unspecified atom stereocenters. The molecular weight excluding hydrogens is 306 g/mol. The molecule has 2 rings (SSSR count). The van der Waals surface area contributed by atoms with Crippen molar-refractivity contribution in [1.29, 1.82) is 0 Å². The van der Waals surface area contributed by atoms with E-state index in [1.165, 1.54) is 23.5 Å². The van der Waals surface area contributed by atoms with Gasteiger partial charge < -0.3 is 9.90 Å². The number of carboxylic acid groups (broad SMARTS) is 1. The van der Waals surface area contributed by atoms with Crippen LogP contribution >= 0.6 is 11.3 Å². The maximum atomic E-state index is 10.9. The second kappa shape index (κ2) is 7.32. The third-order valence-electron chi connectivity index (χ3n) is 2.78. The van der Waals surface area contributed by atoms with Crippen LogP contribution in [0.5, 0.6) is 0 Å². The fourth-order valence-corrected chi connectivity index (χ4v) is 2.50. The zero-order chi connectivity index (χ0) is 15.9. The Hall–Kier alpha value is -2.74. The number of nitro benzene ring substituents is 1. The SMILES string of the molecule is O=C([O-])CC/C(=N/Nc1ccccc1[N+](=O)[O-])c1cccs1. The van der Waals surface area contributed by atoms with Crippen molar-refractivity contribution in [1.82, 2.24) is 0 Å². The predicted molar refractivity (Wildman–Crippen MR) is 81.8 cm³/mol. The zero-order valence-corrected chi connectivity index (χ0v) is 12.2. The lowest BCUT2D eigenvalue weighted by atomic mass is 10.2. The number of anilines is 1. The van der Waals surface area contributed by atoms with Crippen molar-refractivity contribution in [2.75, 3.05) is 5.43 Å². The first kappa shape index (κ1) is 15.6. The Kier molecular flexibility index (Phi) is 5.21. The highest BCUT2D eigenvalue weighted by Gasteiger charge is 2.12. The Morgan fingerprint density at radius 3 is 2.64 bits per heavy atom. The van der Waals surface area contributed by atoms with Gasteiger partial charge in [0.25, 0.3) is 5.69 Å². The molecule has 0 bridgehead atoms. The fraction of sp³-hybridized carbons (Fsp3) is 0.143. The van der Waals surface area contributed by atoms with E-state index in [0.717, 1.165) is 4.88 Å². The van der Waals surface area contributed by atoms with E-state index in [1.54, 1.807) is 18.2 Å². The van der Waals surface area contributed by atoms with E-state index in [2.05, 4.69) is 10.5 Å². The number of rotatable bonds is 7. The van der Waals surface area contributed by atoms with Gasteiger partial charge in [-0.2, -0.15) is 5.10 Å². The molecule has 1 N–H and O–H groups in total. The number of hydrogen-bond donors (Lipinski definition) is 1. The van der Waals surface area contributed by atoms with Crippen LogP contribution in [0.2, 0.25) is 0 Å². The number of nitrogens with zero attached hydrogens (tertiary/aromatic N) is 2. The van der Waals surface area contributed by atoms with Crippen LogP contribution in [-0.2, 0) is 4.79 Å². The number of carbonyl (C=O) groups excluding carboxylic acids is 1. The second-order valence-electron chi connectivity index (χ2n) is 4.29. The number of nitrogens with one attached hydrogen (secondary N) is 1. The third kappa shape index (κ3) is 4.13. The van der Waals surface area contributed by atoms with E-state index in [1.807, 2.05) is 11.4 Å². The summed E-state index contributed by atoms with van der Waals surface area (Å²) in [5.74, 6) is -1.17. The van der Waals surface area contributed by atoms with E-state index in [0.29, 0.717) is 5.71 Å². The minimum atomic E-state index is -1.17. The lowest BCUT2D eigenvalue weighted by molar-refractivity contribution is -0.384. The van der Waals surface area contributed by atoms with Crippen molar-refractivity contribution in [3.05, 3.63) is 56.8 Å². The highest BCUT2D eigenvalue weighted by atomic mass is 32.1. The molecule has 0 fully saturated rings. The number of carboxylic acids is 1. The maximum Gasteiger partial charge on any atom is 0.294 e. The maximum absolute atomic E-state index is 10.9. The molecule has 2 aromatic rings. The molecule has 0 amide bonds. The van der Waals surface area contributed by atoms with Crippen molar-refractivity contribution >= 4 is 34.4 Å². The number of para-hydroxylation sites is 2. The number of carbonyl (C=O) groups is 1. The van der Waals surface area contributed by atoms with Crippen molar-refractivity contribution < 1.29 is 14.8 Å². The normalized spacial score (nSPS) is 11.2. The minimum Gasteiger partial charge on any atom is -0.550 e. The van der Waals surface area contributed by atoms with Gasteiger partial charge in [0, 0.05) is 12.0 Å². The molecule has 114 valence electrons. The second-order valence-corrected chi connectivity index (χ2v) is 5.24. The van der Waals surface area contributed by atoms with Gasteiger partial charge in [-0.1, -0.05) is 18.2 Å². The molecule has 1 aromatic carbocycles. The van der Waals surface area contributed by atoms with Gasteiger partial charge in [0.05, 0.1) is 15.5 Å². The number of hydrogen-bond acceptors (Lipinski definition) is 7. The van der Waals surface area contributed by atoms with Gasteiger partial charge in [-0.3, -0.25) is 15.5 Å². The topological polar surface area (TPSA) is 108 Å². The summed E-state index contributed by atoms with van der Waals surface area (Å²) in [5.41, 5.74) is 3.30. The van der Waals surface area contributed by atoms with Gasteiger partial charge in [0.2, 0.25) is 0 Å². The summed E-state index contributed by atoms with van der Waals surface area (Å²) in [6.45, 7) is 0. The van der Waals surface area contributed by atoms with Gasteiger partial charge >= 0.3 is 0 Å². The van der Waals surface area contributed by atoms with Gasteiger partial charge in [0.15, 0.2) is 0 Å². The highest BCUT2D eigenvalue weighted by molar-refractivity contribution is 7.12. The lowest BCUT2D eigenvalue weighted by Gasteiger charge is -2.07. The monoisotopic (exact) mass is 318 g/mol. The largest absolute Gasteiger partial charge is 0.550 e. The zero-order valence-electron chi connectivity index (χ0n) is 11.4. The number of aliphatic carboxylic acids is 1.